The monoisotopic (exact) mass is 660 g/mol. The summed E-state index contributed by atoms with van der Waals surface area (Å²) in [6.07, 6.45) is 14.0. The molecule has 8 nitrogen and oxygen atoms in total. The van der Waals surface area contributed by atoms with Gasteiger partial charge in [0.25, 0.3) is 0 Å². The van der Waals surface area contributed by atoms with E-state index in [0.29, 0.717) is 36.5 Å². The highest BCUT2D eigenvalue weighted by Crippen LogP contribution is 2.49. The summed E-state index contributed by atoms with van der Waals surface area (Å²) in [5.74, 6) is 4.48. The first-order valence-electron chi connectivity index (χ1n) is 16.9. The molecule has 242 valence electrons. The maximum absolute atomic E-state index is 11.9. The molecule has 46 heavy (non-hydrogen) atoms. The van der Waals surface area contributed by atoms with E-state index in [1.165, 1.54) is 50.5 Å². The van der Waals surface area contributed by atoms with E-state index < -0.39 is 0 Å². The van der Waals surface area contributed by atoms with Gasteiger partial charge >= 0.3 is 0 Å². The number of aryl methyl sites for hydroxylation is 2. The zero-order valence-electron chi connectivity index (χ0n) is 26.3. The summed E-state index contributed by atoms with van der Waals surface area (Å²) < 4.78 is 4.60. The van der Waals surface area contributed by atoms with Crippen molar-refractivity contribution in [3.05, 3.63) is 93.0 Å². The Morgan fingerprint density at radius 1 is 0.609 bits per heavy atom. The molecule has 2 aromatic carbocycles. The van der Waals surface area contributed by atoms with E-state index in [2.05, 4.69) is 41.7 Å². The van der Waals surface area contributed by atoms with Crippen molar-refractivity contribution in [1.29, 1.82) is 0 Å². The van der Waals surface area contributed by atoms with Crippen molar-refractivity contribution in [2.45, 2.75) is 120 Å². The molecule has 2 saturated carbocycles. The second-order valence-corrected chi connectivity index (χ2v) is 14.5. The minimum Gasteiger partial charge on any atom is -0.393 e. The number of aromatic nitrogens is 6. The van der Waals surface area contributed by atoms with Gasteiger partial charge in [-0.1, -0.05) is 73.2 Å². The predicted octanol–water partition coefficient (Wildman–Crippen LogP) is 7.19. The summed E-state index contributed by atoms with van der Waals surface area (Å²) in [6.45, 7) is 1.95. The van der Waals surface area contributed by atoms with Crippen molar-refractivity contribution in [3.8, 4) is 0 Å². The van der Waals surface area contributed by atoms with Gasteiger partial charge in [-0.05, 0) is 73.9 Å². The SMILES string of the molecule is O=C1CC(c2ccc(Cl)cc2)(c2nnc3n2CCCCCC3)C1.OC1CC(c2ccc(Cl)cc2)(c2nnc3n2CCCCCC3)C1. The number of aliphatic hydroxyl groups excluding tert-OH is 1. The average molecular weight is 662 g/mol. The van der Waals surface area contributed by atoms with Crippen molar-refractivity contribution in [1.82, 2.24) is 29.5 Å². The van der Waals surface area contributed by atoms with Crippen LogP contribution in [0.5, 0.6) is 0 Å². The normalized spacial score (nSPS) is 24.0. The van der Waals surface area contributed by atoms with Crippen LogP contribution < -0.4 is 0 Å². The molecule has 0 saturated heterocycles. The molecule has 0 unspecified atom stereocenters. The Kier molecular flexibility index (Phi) is 9.05. The van der Waals surface area contributed by atoms with Gasteiger partial charge in [-0.25, -0.2) is 0 Å². The van der Waals surface area contributed by atoms with E-state index in [1.54, 1.807) is 0 Å². The molecule has 4 aliphatic rings. The van der Waals surface area contributed by atoms with Crippen LogP contribution in [0.25, 0.3) is 0 Å². The van der Waals surface area contributed by atoms with Crippen molar-refractivity contribution in [3.63, 3.8) is 0 Å². The third-order valence-corrected chi connectivity index (χ3v) is 11.0. The number of hydrogen-bond donors (Lipinski definition) is 1. The van der Waals surface area contributed by atoms with Crippen LogP contribution in [-0.2, 0) is 41.6 Å². The molecular weight excluding hydrogens is 619 g/mol. The first kappa shape index (κ1) is 31.5. The largest absolute Gasteiger partial charge is 0.393 e. The van der Waals surface area contributed by atoms with Crippen molar-refractivity contribution in [2.75, 3.05) is 0 Å². The standard InChI is InChI=1S/C18H22ClN3O.C18H20ClN3O/c2*19-14-8-6-13(7-9-14)18(11-15(23)12-18)17-21-20-16-5-3-1-2-4-10-22(16)17/h6-9,15,23H,1-5,10-12H2;6-9H,1-5,10-12H2. The molecular formula is C36H42Cl2N6O2. The zero-order valence-corrected chi connectivity index (χ0v) is 27.8. The molecule has 2 aliphatic heterocycles. The molecule has 8 rings (SSSR count). The van der Waals surface area contributed by atoms with Gasteiger partial charge in [0.15, 0.2) is 0 Å². The minimum atomic E-state index is -0.313. The van der Waals surface area contributed by atoms with Crippen LogP contribution in [0.1, 0.15) is 111 Å². The Morgan fingerprint density at radius 3 is 1.50 bits per heavy atom. The summed E-state index contributed by atoms with van der Waals surface area (Å²) >= 11 is 12.1. The number of Topliss-reactive ketones (excluding diaryl/α,β-unsaturated/α-hetero) is 1. The highest BCUT2D eigenvalue weighted by atomic mass is 35.5. The number of hydrogen-bond acceptors (Lipinski definition) is 6. The molecule has 1 N–H and O–H groups in total. The van der Waals surface area contributed by atoms with Gasteiger partial charge in [0, 0.05) is 48.8 Å². The van der Waals surface area contributed by atoms with Gasteiger partial charge in [-0.15, -0.1) is 20.4 Å². The van der Waals surface area contributed by atoms with E-state index in [1.807, 2.05) is 36.4 Å². The van der Waals surface area contributed by atoms with E-state index >= 15 is 0 Å². The number of rotatable bonds is 4. The molecule has 4 aromatic rings. The molecule has 0 spiro atoms. The second kappa shape index (κ2) is 13.2. The van der Waals surface area contributed by atoms with Gasteiger partial charge in [0.05, 0.1) is 16.9 Å². The Balaban J connectivity index is 0.000000147. The summed E-state index contributed by atoms with van der Waals surface area (Å²) in [5, 5.41) is 29.5. The van der Waals surface area contributed by atoms with Crippen molar-refractivity contribution in [2.24, 2.45) is 0 Å². The average Bonchev–Trinajstić information content (AvgIpc) is 3.57. The van der Waals surface area contributed by atoms with Gasteiger partial charge in [-0.2, -0.15) is 0 Å². The fraction of sp³-hybridized carbons (Fsp3) is 0.528. The molecule has 0 atom stereocenters. The third-order valence-electron chi connectivity index (χ3n) is 10.5. The number of fused-ring (bicyclic) bond motifs is 2. The molecule has 0 amide bonds. The van der Waals surface area contributed by atoms with Gasteiger partial charge in [0.1, 0.15) is 29.1 Å². The topological polar surface area (TPSA) is 98.7 Å². The Labute approximate surface area is 280 Å². The maximum Gasteiger partial charge on any atom is 0.144 e. The first-order chi connectivity index (χ1) is 22.4. The van der Waals surface area contributed by atoms with Gasteiger partial charge < -0.3 is 14.2 Å². The highest BCUT2D eigenvalue weighted by Gasteiger charge is 2.51. The van der Waals surface area contributed by atoms with E-state index in [9.17, 15) is 9.90 Å². The third kappa shape index (κ3) is 5.93. The second-order valence-electron chi connectivity index (χ2n) is 13.6. The fourth-order valence-electron chi connectivity index (χ4n) is 7.97. The number of carbonyl (C=O) groups is 1. The molecule has 4 heterocycles. The summed E-state index contributed by atoms with van der Waals surface area (Å²) in [5.41, 5.74) is 1.78. The number of benzene rings is 2. The van der Waals surface area contributed by atoms with Gasteiger partial charge in [-0.3, -0.25) is 4.79 Å². The molecule has 10 heteroatoms. The molecule has 2 fully saturated rings. The lowest BCUT2D eigenvalue weighted by atomic mass is 9.62. The van der Waals surface area contributed by atoms with Crippen LogP contribution in [0.15, 0.2) is 48.5 Å². The van der Waals surface area contributed by atoms with E-state index in [0.717, 1.165) is 66.2 Å². The quantitative estimate of drug-likeness (QED) is 0.249. The molecule has 2 aromatic heterocycles. The van der Waals surface area contributed by atoms with Crippen molar-refractivity contribution < 1.29 is 9.90 Å². The van der Waals surface area contributed by atoms with Crippen LogP contribution >= 0.6 is 23.2 Å². The lowest BCUT2D eigenvalue weighted by molar-refractivity contribution is -0.127. The van der Waals surface area contributed by atoms with Crippen LogP contribution in [-0.4, -0.2) is 46.5 Å². The van der Waals surface area contributed by atoms with E-state index in [-0.39, 0.29) is 16.9 Å². The van der Waals surface area contributed by atoms with Crippen LogP contribution in [0, 0.1) is 0 Å². The summed E-state index contributed by atoms with van der Waals surface area (Å²) in [4.78, 5) is 11.9. The number of carbonyl (C=O) groups excluding carboxylic acids is 1. The lowest BCUT2D eigenvalue weighted by Crippen LogP contribution is -2.47. The summed E-state index contributed by atoms with van der Waals surface area (Å²) in [7, 11) is 0. The van der Waals surface area contributed by atoms with Crippen molar-refractivity contribution >= 4 is 29.0 Å². The fourth-order valence-corrected chi connectivity index (χ4v) is 8.23. The Bertz CT molecular complexity index is 1670. The van der Waals surface area contributed by atoms with Gasteiger partial charge in [0.2, 0.25) is 0 Å². The number of halogens is 2. The van der Waals surface area contributed by atoms with Crippen LogP contribution in [0.4, 0.5) is 0 Å². The molecule has 0 radical (unpaired) electrons. The first-order valence-corrected chi connectivity index (χ1v) is 17.7. The van der Waals surface area contributed by atoms with Crippen LogP contribution in [0.3, 0.4) is 0 Å². The zero-order chi connectivity index (χ0) is 31.7. The molecule has 2 aliphatic carbocycles. The maximum atomic E-state index is 11.9. The Morgan fingerprint density at radius 2 is 1.04 bits per heavy atom. The number of ketones is 1. The van der Waals surface area contributed by atoms with E-state index in [4.69, 9.17) is 23.2 Å². The van der Waals surface area contributed by atoms with Crippen LogP contribution in [0.2, 0.25) is 10.0 Å². The highest BCUT2D eigenvalue weighted by molar-refractivity contribution is 6.30. The lowest BCUT2D eigenvalue weighted by Gasteiger charge is -2.45. The Hall–Kier alpha value is -3.07. The number of aliphatic hydroxyl groups is 1. The minimum absolute atomic E-state index is 0.214. The smallest absolute Gasteiger partial charge is 0.144 e. The molecule has 0 bridgehead atoms. The number of nitrogens with zero attached hydrogens (tertiary/aromatic N) is 6. The predicted molar refractivity (Wildman–Crippen MR) is 178 cm³/mol. The summed E-state index contributed by atoms with van der Waals surface area (Å²) in [6, 6.07) is 15.8.